The van der Waals surface area contributed by atoms with Crippen LogP contribution in [0.1, 0.15) is 32.1 Å². The number of aryl methyl sites for hydroxylation is 1. The lowest BCUT2D eigenvalue weighted by Gasteiger charge is -2.41. The molecule has 4 aromatic rings. The predicted molar refractivity (Wildman–Crippen MR) is 141 cm³/mol. The summed E-state index contributed by atoms with van der Waals surface area (Å²) in [6.07, 6.45) is 0.930. The van der Waals surface area contributed by atoms with Crippen molar-refractivity contribution in [3.63, 3.8) is 0 Å². The van der Waals surface area contributed by atoms with E-state index >= 15 is 0 Å². The van der Waals surface area contributed by atoms with Gasteiger partial charge in [0.05, 0.1) is 10.4 Å². The van der Waals surface area contributed by atoms with Crippen molar-refractivity contribution in [2.75, 3.05) is 26.2 Å². The minimum atomic E-state index is 0.0108. The van der Waals surface area contributed by atoms with Gasteiger partial charge in [-0.15, -0.1) is 22.7 Å². The molecule has 2 saturated heterocycles. The van der Waals surface area contributed by atoms with Gasteiger partial charge in [0.25, 0.3) is 11.8 Å². The minimum absolute atomic E-state index is 0.0108. The van der Waals surface area contributed by atoms with Gasteiger partial charge < -0.3 is 15.1 Å². The standard InChI is InChI=1S/C27H26N4O2S2/c1-17-22-11-19(18-5-3-2-4-6-18)7-8-24(22)35-25(17)27(33)31-13-21(14-31)29-20-9-10-30(12-20)26(32)23-15-34-16-28-23/h2-8,11,15-16,20-21,29H,9-10,12-14H2,1H3. The molecule has 1 N–H and O–H groups in total. The molecule has 0 bridgehead atoms. The zero-order valence-corrected chi connectivity index (χ0v) is 21.1. The van der Waals surface area contributed by atoms with E-state index in [0.717, 1.165) is 33.5 Å². The van der Waals surface area contributed by atoms with Crippen LogP contribution in [0.5, 0.6) is 0 Å². The molecule has 0 spiro atoms. The highest BCUT2D eigenvalue weighted by Gasteiger charge is 2.36. The Morgan fingerprint density at radius 1 is 0.971 bits per heavy atom. The fourth-order valence-corrected chi connectivity index (χ4v) is 6.71. The topological polar surface area (TPSA) is 65.5 Å². The number of carbonyl (C=O) groups excluding carboxylic acids is 2. The SMILES string of the molecule is Cc1c(C(=O)N2CC(NC3CCN(C(=O)c4cscn4)C3)C2)sc2ccc(-c3ccccc3)cc12. The summed E-state index contributed by atoms with van der Waals surface area (Å²) in [4.78, 5) is 34.6. The Balaban J connectivity index is 1.07. The van der Waals surface area contributed by atoms with Gasteiger partial charge in [-0.25, -0.2) is 4.98 Å². The molecule has 1 atom stereocenters. The van der Waals surface area contributed by atoms with Crippen LogP contribution >= 0.6 is 22.7 Å². The second-order valence-electron chi connectivity index (χ2n) is 9.32. The number of fused-ring (bicyclic) bond motifs is 1. The van der Waals surface area contributed by atoms with E-state index < -0.39 is 0 Å². The summed E-state index contributed by atoms with van der Waals surface area (Å²) < 4.78 is 1.15. The Morgan fingerprint density at radius 2 is 1.77 bits per heavy atom. The molecule has 2 aliphatic rings. The van der Waals surface area contributed by atoms with Crippen LogP contribution in [0.15, 0.2) is 59.4 Å². The van der Waals surface area contributed by atoms with Gasteiger partial charge in [-0.1, -0.05) is 36.4 Å². The molecule has 6 rings (SSSR count). The molecule has 2 amide bonds. The molecule has 2 fully saturated rings. The Labute approximate surface area is 212 Å². The summed E-state index contributed by atoms with van der Waals surface area (Å²) >= 11 is 3.03. The first kappa shape index (κ1) is 22.4. The maximum absolute atomic E-state index is 13.3. The fourth-order valence-electron chi connectivity index (χ4n) is 5.02. The van der Waals surface area contributed by atoms with Crippen molar-refractivity contribution in [3.8, 4) is 11.1 Å². The summed E-state index contributed by atoms with van der Waals surface area (Å²) in [5, 5.41) is 6.61. The van der Waals surface area contributed by atoms with Crippen molar-refractivity contribution in [2.24, 2.45) is 0 Å². The van der Waals surface area contributed by atoms with Crippen molar-refractivity contribution < 1.29 is 9.59 Å². The molecule has 0 saturated carbocycles. The second-order valence-corrected chi connectivity index (χ2v) is 11.1. The molecule has 2 aliphatic heterocycles. The first-order valence-corrected chi connectivity index (χ1v) is 13.6. The molecule has 2 aromatic heterocycles. The van der Waals surface area contributed by atoms with Gasteiger partial charge in [0.2, 0.25) is 0 Å². The van der Waals surface area contributed by atoms with E-state index in [4.69, 9.17) is 0 Å². The van der Waals surface area contributed by atoms with E-state index in [1.165, 1.54) is 22.5 Å². The third-order valence-corrected chi connectivity index (χ3v) is 8.85. The average molecular weight is 503 g/mol. The Morgan fingerprint density at radius 3 is 2.54 bits per heavy atom. The van der Waals surface area contributed by atoms with Crippen molar-refractivity contribution in [2.45, 2.75) is 25.4 Å². The van der Waals surface area contributed by atoms with Gasteiger partial charge >= 0.3 is 0 Å². The molecular formula is C27H26N4O2S2. The summed E-state index contributed by atoms with van der Waals surface area (Å²) in [6, 6.07) is 17.3. The van der Waals surface area contributed by atoms with Crippen molar-refractivity contribution in [1.29, 1.82) is 0 Å². The number of thiazole rings is 1. The molecule has 2 aromatic carbocycles. The smallest absolute Gasteiger partial charge is 0.273 e. The number of likely N-dealkylation sites (tertiary alicyclic amines) is 2. The van der Waals surface area contributed by atoms with Gasteiger partial charge in [0, 0.05) is 48.3 Å². The molecular weight excluding hydrogens is 476 g/mol. The monoisotopic (exact) mass is 502 g/mol. The highest BCUT2D eigenvalue weighted by atomic mass is 32.1. The Hall–Kier alpha value is -3.07. The van der Waals surface area contributed by atoms with Gasteiger partial charge in [0.15, 0.2) is 0 Å². The summed E-state index contributed by atoms with van der Waals surface area (Å²) in [5.74, 6) is 0.131. The van der Waals surface area contributed by atoms with E-state index in [0.29, 0.717) is 25.3 Å². The number of nitrogens with one attached hydrogen (secondary N) is 1. The zero-order chi connectivity index (χ0) is 23.9. The summed E-state index contributed by atoms with van der Waals surface area (Å²) in [5.41, 5.74) is 5.65. The zero-order valence-electron chi connectivity index (χ0n) is 19.4. The van der Waals surface area contributed by atoms with E-state index in [1.807, 2.05) is 28.0 Å². The van der Waals surface area contributed by atoms with E-state index in [-0.39, 0.29) is 23.9 Å². The number of hydrogen-bond donors (Lipinski definition) is 1. The summed E-state index contributed by atoms with van der Waals surface area (Å²) in [7, 11) is 0. The van der Waals surface area contributed by atoms with Crippen LogP contribution in [0, 0.1) is 6.92 Å². The molecule has 8 heteroatoms. The van der Waals surface area contributed by atoms with Crippen LogP contribution in [-0.4, -0.2) is 64.9 Å². The van der Waals surface area contributed by atoms with Gasteiger partial charge in [-0.2, -0.15) is 0 Å². The minimum Gasteiger partial charge on any atom is -0.336 e. The molecule has 0 radical (unpaired) electrons. The number of nitrogens with zero attached hydrogens (tertiary/aromatic N) is 3. The number of aromatic nitrogens is 1. The lowest BCUT2D eigenvalue weighted by Crippen LogP contribution is -2.62. The van der Waals surface area contributed by atoms with Gasteiger partial charge in [-0.3, -0.25) is 9.59 Å². The van der Waals surface area contributed by atoms with Crippen molar-refractivity contribution in [3.05, 3.63) is 75.6 Å². The number of amides is 2. The lowest BCUT2D eigenvalue weighted by molar-refractivity contribution is 0.0557. The normalized spacial score (nSPS) is 18.3. The van der Waals surface area contributed by atoms with Crippen molar-refractivity contribution in [1.82, 2.24) is 20.1 Å². The lowest BCUT2D eigenvalue weighted by atomic mass is 10.0. The molecule has 1 unspecified atom stereocenters. The van der Waals surface area contributed by atoms with Crippen molar-refractivity contribution >= 4 is 44.6 Å². The number of hydrogen-bond acceptors (Lipinski definition) is 6. The third-order valence-electron chi connectivity index (χ3n) is 7.00. The first-order chi connectivity index (χ1) is 17.1. The number of carbonyl (C=O) groups is 2. The number of rotatable bonds is 5. The van der Waals surface area contributed by atoms with Gasteiger partial charge in [-0.05, 0) is 47.6 Å². The maximum atomic E-state index is 13.3. The maximum Gasteiger partial charge on any atom is 0.273 e. The van der Waals surface area contributed by atoms with Crippen LogP contribution in [0.2, 0.25) is 0 Å². The van der Waals surface area contributed by atoms with Crippen LogP contribution in [0.3, 0.4) is 0 Å². The van der Waals surface area contributed by atoms with Crippen LogP contribution < -0.4 is 5.32 Å². The fraction of sp³-hybridized carbons (Fsp3) is 0.296. The molecule has 6 nitrogen and oxygen atoms in total. The molecule has 0 aliphatic carbocycles. The van der Waals surface area contributed by atoms with E-state index in [9.17, 15) is 9.59 Å². The Bertz CT molecular complexity index is 1380. The average Bonchev–Trinajstić information content (AvgIpc) is 3.62. The number of thiophene rings is 1. The Kier molecular flexibility index (Phi) is 5.88. The number of benzene rings is 2. The molecule has 178 valence electrons. The second kappa shape index (κ2) is 9.18. The quantitative estimate of drug-likeness (QED) is 0.431. The molecule has 4 heterocycles. The summed E-state index contributed by atoms with van der Waals surface area (Å²) in [6.45, 7) is 4.91. The van der Waals surface area contributed by atoms with E-state index in [2.05, 4.69) is 47.6 Å². The van der Waals surface area contributed by atoms with Crippen LogP contribution in [0.25, 0.3) is 21.2 Å². The predicted octanol–water partition coefficient (Wildman–Crippen LogP) is 4.66. The third kappa shape index (κ3) is 4.26. The largest absolute Gasteiger partial charge is 0.336 e. The first-order valence-electron chi connectivity index (χ1n) is 11.9. The van der Waals surface area contributed by atoms with E-state index in [1.54, 1.807) is 22.2 Å². The van der Waals surface area contributed by atoms with Crippen LogP contribution in [0.4, 0.5) is 0 Å². The van der Waals surface area contributed by atoms with Crippen LogP contribution in [-0.2, 0) is 0 Å². The highest BCUT2D eigenvalue weighted by Crippen LogP contribution is 2.35. The van der Waals surface area contributed by atoms with Gasteiger partial charge in [0.1, 0.15) is 5.69 Å². The highest BCUT2D eigenvalue weighted by molar-refractivity contribution is 7.21. The molecule has 35 heavy (non-hydrogen) atoms.